The van der Waals surface area contributed by atoms with Gasteiger partial charge in [0, 0.05) is 28.3 Å². The zero-order chi connectivity index (χ0) is 32.5. The lowest BCUT2D eigenvalue weighted by atomic mass is 9.99. The molecule has 4 aromatic carbocycles. The first-order valence-electron chi connectivity index (χ1n) is 14.3. The van der Waals surface area contributed by atoms with Crippen LogP contribution in [0.5, 0.6) is 17.2 Å². The van der Waals surface area contributed by atoms with Gasteiger partial charge in [0.2, 0.25) is 0 Å². The number of hydrogen-bond acceptors (Lipinski definition) is 6. The molecule has 0 aromatic heterocycles. The van der Waals surface area contributed by atoms with Crippen LogP contribution >= 0.6 is 0 Å². The summed E-state index contributed by atoms with van der Waals surface area (Å²) in [5, 5.41) is 0. The number of ether oxygens (including phenoxy) is 3. The molecule has 0 aliphatic carbocycles. The van der Waals surface area contributed by atoms with Crippen molar-refractivity contribution >= 4 is 30.1 Å². The van der Waals surface area contributed by atoms with E-state index in [1.54, 1.807) is 58.0 Å². The van der Waals surface area contributed by atoms with E-state index < -0.39 is 17.9 Å². The van der Waals surface area contributed by atoms with Crippen LogP contribution in [0.4, 0.5) is 0 Å². The highest BCUT2D eigenvalue weighted by atomic mass is 16.5. The van der Waals surface area contributed by atoms with Gasteiger partial charge in [0.15, 0.2) is 0 Å². The van der Waals surface area contributed by atoms with E-state index in [1.807, 2.05) is 72.8 Å². The van der Waals surface area contributed by atoms with Gasteiger partial charge < -0.3 is 14.2 Å². The van der Waals surface area contributed by atoms with E-state index in [-0.39, 0.29) is 17.1 Å². The lowest BCUT2D eigenvalue weighted by Crippen LogP contribution is -2.11. The Morgan fingerprint density at radius 1 is 0.556 bits per heavy atom. The Hall–Kier alpha value is -5.75. The quantitative estimate of drug-likeness (QED) is 0.0784. The average Bonchev–Trinajstić information content (AvgIpc) is 3.04. The first-order valence-corrected chi connectivity index (χ1v) is 14.3. The van der Waals surface area contributed by atoms with E-state index >= 15 is 0 Å². The topological polar surface area (TPSA) is 78.9 Å². The Balaban J connectivity index is 1.50. The molecule has 0 aliphatic rings. The lowest BCUT2D eigenvalue weighted by molar-refractivity contribution is -0.131. The molecule has 0 amide bonds. The largest absolute Gasteiger partial charge is 0.423 e. The molecule has 0 saturated heterocycles. The highest BCUT2D eigenvalue weighted by Crippen LogP contribution is 2.35. The summed E-state index contributed by atoms with van der Waals surface area (Å²) in [6.07, 6.45) is 5.67. The van der Waals surface area contributed by atoms with Crippen LogP contribution in [-0.2, 0) is 14.4 Å². The molecule has 0 radical (unpaired) electrons. The zero-order valence-electron chi connectivity index (χ0n) is 25.8. The maximum atomic E-state index is 12.6. The number of allylic oxidation sites excluding steroid dienone is 1. The molecule has 45 heavy (non-hydrogen) atoms. The highest BCUT2D eigenvalue weighted by molar-refractivity contribution is 5.92. The fraction of sp³-hybridized carbons (Fsp3) is 0.103. The predicted molar refractivity (Wildman–Crippen MR) is 179 cm³/mol. The second-order valence-electron chi connectivity index (χ2n) is 10.5. The molecule has 0 N–H and O–H groups in total. The van der Waals surface area contributed by atoms with Gasteiger partial charge in [-0.1, -0.05) is 92.0 Å². The van der Waals surface area contributed by atoms with E-state index in [4.69, 9.17) is 14.2 Å². The number of hydrogen-bond donors (Lipinski definition) is 0. The van der Waals surface area contributed by atoms with Crippen molar-refractivity contribution in [1.82, 2.24) is 0 Å². The average molecular weight is 599 g/mol. The molecule has 4 rings (SSSR count). The van der Waals surface area contributed by atoms with Gasteiger partial charge in [0.1, 0.15) is 17.2 Å². The van der Waals surface area contributed by atoms with Crippen LogP contribution < -0.4 is 14.2 Å². The molecule has 0 bridgehead atoms. The van der Waals surface area contributed by atoms with Crippen LogP contribution in [0.25, 0.3) is 34.4 Å². The molecule has 0 spiro atoms. The fourth-order valence-electron chi connectivity index (χ4n) is 4.04. The van der Waals surface area contributed by atoms with E-state index in [1.165, 1.54) is 6.07 Å². The third-order valence-corrected chi connectivity index (χ3v) is 6.82. The van der Waals surface area contributed by atoms with Crippen molar-refractivity contribution < 1.29 is 28.6 Å². The van der Waals surface area contributed by atoms with Gasteiger partial charge in [-0.25, -0.2) is 14.4 Å². The maximum Gasteiger partial charge on any atom is 0.338 e. The number of carbonyl (C=O) groups is 3. The van der Waals surface area contributed by atoms with E-state index in [2.05, 4.69) is 13.2 Å². The molecule has 0 heterocycles. The summed E-state index contributed by atoms with van der Waals surface area (Å²) in [6, 6.07) is 28.3. The third kappa shape index (κ3) is 8.65. The van der Waals surface area contributed by atoms with Crippen molar-refractivity contribution in [3.63, 3.8) is 0 Å². The highest BCUT2D eigenvalue weighted by Gasteiger charge is 2.16. The number of carbonyl (C=O) groups excluding carboxylic acids is 3. The molecule has 0 atom stereocenters. The predicted octanol–water partition coefficient (Wildman–Crippen LogP) is 9.03. The van der Waals surface area contributed by atoms with Gasteiger partial charge in [0.05, 0.1) is 0 Å². The molecule has 226 valence electrons. The summed E-state index contributed by atoms with van der Waals surface area (Å²) in [7, 11) is 0. The monoisotopic (exact) mass is 598 g/mol. The Bertz CT molecular complexity index is 1810. The molecule has 6 heteroatoms. The molecule has 0 aliphatic heterocycles. The van der Waals surface area contributed by atoms with E-state index in [0.717, 1.165) is 27.8 Å². The summed E-state index contributed by atoms with van der Waals surface area (Å²) in [6.45, 7) is 13.8. The summed E-state index contributed by atoms with van der Waals surface area (Å²) < 4.78 is 16.3. The maximum absolute atomic E-state index is 12.6. The van der Waals surface area contributed by atoms with Crippen LogP contribution in [0, 0.1) is 0 Å². The van der Waals surface area contributed by atoms with Gasteiger partial charge in [-0.2, -0.15) is 0 Å². The van der Waals surface area contributed by atoms with Crippen LogP contribution in [0.1, 0.15) is 38.8 Å². The van der Waals surface area contributed by atoms with E-state index in [0.29, 0.717) is 22.5 Å². The summed E-state index contributed by atoms with van der Waals surface area (Å²) in [4.78, 5) is 36.3. The minimum Gasteiger partial charge on any atom is -0.423 e. The SMILES string of the molecule is C=C(C)C(=O)Oc1ccc(/C=C/c2ccc(-c3ccc(-c4ccc(OC(=O)C(=C)C)cc4OC(=O)/C(C)=C\C)cc3)cc2)cc1. The van der Waals surface area contributed by atoms with Crippen LogP contribution in [-0.4, -0.2) is 17.9 Å². The van der Waals surface area contributed by atoms with Crippen molar-refractivity contribution in [1.29, 1.82) is 0 Å². The number of esters is 3. The molecule has 6 nitrogen and oxygen atoms in total. The number of benzene rings is 4. The first-order chi connectivity index (χ1) is 21.5. The first kappa shape index (κ1) is 32.2. The Morgan fingerprint density at radius 3 is 1.51 bits per heavy atom. The molecular formula is C39H34O6. The molecule has 0 unspecified atom stereocenters. The molecule has 0 fully saturated rings. The minimum atomic E-state index is -0.562. The Morgan fingerprint density at radius 2 is 1.00 bits per heavy atom. The Kier molecular flexibility index (Phi) is 10.5. The van der Waals surface area contributed by atoms with Gasteiger partial charge in [0.25, 0.3) is 0 Å². The summed E-state index contributed by atoms with van der Waals surface area (Å²) >= 11 is 0. The van der Waals surface area contributed by atoms with Crippen molar-refractivity contribution in [2.45, 2.75) is 27.7 Å². The van der Waals surface area contributed by atoms with Crippen LogP contribution in [0.2, 0.25) is 0 Å². The Labute approximate surface area is 263 Å². The normalized spacial score (nSPS) is 11.2. The second-order valence-corrected chi connectivity index (χ2v) is 10.5. The van der Waals surface area contributed by atoms with Crippen molar-refractivity contribution in [3.05, 3.63) is 138 Å². The summed E-state index contributed by atoms with van der Waals surface area (Å²) in [5.41, 5.74) is 6.63. The molecule has 0 saturated carbocycles. The molecular weight excluding hydrogens is 564 g/mol. The lowest BCUT2D eigenvalue weighted by Gasteiger charge is -2.13. The fourth-order valence-corrected chi connectivity index (χ4v) is 4.04. The van der Waals surface area contributed by atoms with E-state index in [9.17, 15) is 14.4 Å². The van der Waals surface area contributed by atoms with Gasteiger partial charge in [-0.05, 0) is 79.8 Å². The van der Waals surface area contributed by atoms with Crippen LogP contribution in [0.15, 0.2) is 127 Å². The van der Waals surface area contributed by atoms with Crippen molar-refractivity contribution in [3.8, 4) is 39.5 Å². The van der Waals surface area contributed by atoms with Gasteiger partial charge in [-0.15, -0.1) is 0 Å². The molecule has 4 aromatic rings. The standard InChI is InChI=1S/C39H34O6/c1-7-27(6)39(42)45-36-24-34(44-38(41)26(4)5)22-23-35(36)32-18-16-31(17-19-32)30-14-10-28(11-15-30)8-9-29-12-20-33(21-13-29)43-37(40)25(2)3/h7-24H,2,4H2,1,3,5-6H3/b9-8+,27-7-. The van der Waals surface area contributed by atoms with Crippen molar-refractivity contribution in [2.24, 2.45) is 0 Å². The minimum absolute atomic E-state index is 0.250. The van der Waals surface area contributed by atoms with Gasteiger partial charge >= 0.3 is 17.9 Å². The third-order valence-electron chi connectivity index (χ3n) is 6.82. The second kappa shape index (κ2) is 14.6. The van der Waals surface area contributed by atoms with Gasteiger partial charge in [-0.3, -0.25) is 0 Å². The smallest absolute Gasteiger partial charge is 0.338 e. The van der Waals surface area contributed by atoms with Crippen molar-refractivity contribution in [2.75, 3.05) is 0 Å². The summed E-state index contributed by atoms with van der Waals surface area (Å²) in [5.74, 6) is -0.505. The zero-order valence-corrected chi connectivity index (χ0v) is 25.8. The van der Waals surface area contributed by atoms with Crippen LogP contribution in [0.3, 0.4) is 0 Å². The number of rotatable bonds is 10.